The molecule has 0 atom stereocenters. The van der Waals surface area contributed by atoms with E-state index in [1.54, 1.807) is 7.11 Å². The van der Waals surface area contributed by atoms with Crippen LogP contribution in [0.3, 0.4) is 0 Å². The summed E-state index contributed by atoms with van der Waals surface area (Å²) in [5.41, 5.74) is 9.97. The first-order valence-corrected chi connectivity index (χ1v) is 5.52. The summed E-state index contributed by atoms with van der Waals surface area (Å²) >= 11 is 0. The summed E-state index contributed by atoms with van der Waals surface area (Å²) in [6, 6.07) is 4.23. The summed E-state index contributed by atoms with van der Waals surface area (Å²) in [6.07, 6.45) is 3.57. The summed E-state index contributed by atoms with van der Waals surface area (Å²) < 4.78 is 5.42. The molecule has 0 bridgehead atoms. The third-order valence-corrected chi connectivity index (χ3v) is 3.11. The van der Waals surface area contributed by atoms with Crippen LogP contribution in [0.2, 0.25) is 0 Å². The van der Waals surface area contributed by atoms with E-state index < -0.39 is 0 Å². The van der Waals surface area contributed by atoms with Crippen molar-refractivity contribution < 1.29 is 4.74 Å². The molecule has 0 aliphatic heterocycles. The second kappa shape index (κ2) is 3.53. The highest BCUT2D eigenvalue weighted by Gasteiger charge is 2.26. The highest BCUT2D eigenvalue weighted by molar-refractivity contribution is 5.50. The molecule has 0 saturated carbocycles. The minimum atomic E-state index is -0.318. The average Bonchev–Trinajstić information content (AvgIpc) is 2.61. The summed E-state index contributed by atoms with van der Waals surface area (Å²) in [5, 5.41) is 0. The molecule has 1 aliphatic rings. The number of hydrogen-bond acceptors (Lipinski definition) is 2. The molecule has 2 heteroatoms. The normalized spacial score (nSPS) is 15.2. The zero-order chi connectivity index (χ0) is 11.1. The number of benzene rings is 1. The van der Waals surface area contributed by atoms with E-state index in [1.807, 2.05) is 19.9 Å². The number of ether oxygens (including phenoxy) is 1. The van der Waals surface area contributed by atoms with Crippen LogP contribution < -0.4 is 10.5 Å². The van der Waals surface area contributed by atoms with Crippen LogP contribution in [0.5, 0.6) is 5.75 Å². The quantitative estimate of drug-likeness (QED) is 0.804. The molecule has 0 radical (unpaired) electrons. The van der Waals surface area contributed by atoms with Crippen LogP contribution in [0.25, 0.3) is 0 Å². The van der Waals surface area contributed by atoms with E-state index in [9.17, 15) is 0 Å². The molecule has 15 heavy (non-hydrogen) atoms. The monoisotopic (exact) mass is 205 g/mol. The molecule has 2 rings (SSSR count). The molecule has 82 valence electrons. The standard InChI is InChI=1S/C13H19NO/c1-13(2,14)12-10-6-4-5-9(10)7-8-11(12)15-3/h7-8H,4-6,14H2,1-3H3. The predicted octanol–water partition coefficient (Wildman–Crippen LogP) is 2.38. The van der Waals surface area contributed by atoms with Crippen molar-refractivity contribution in [3.8, 4) is 5.75 Å². The van der Waals surface area contributed by atoms with E-state index in [2.05, 4.69) is 6.07 Å². The SMILES string of the molecule is COc1ccc2c(c1C(C)(C)N)CCC2. The smallest absolute Gasteiger partial charge is 0.124 e. The van der Waals surface area contributed by atoms with Gasteiger partial charge in [-0.05, 0) is 50.3 Å². The van der Waals surface area contributed by atoms with Gasteiger partial charge in [-0.3, -0.25) is 0 Å². The maximum atomic E-state index is 6.23. The lowest BCUT2D eigenvalue weighted by molar-refractivity contribution is 0.393. The van der Waals surface area contributed by atoms with Gasteiger partial charge >= 0.3 is 0 Å². The third kappa shape index (κ3) is 1.74. The van der Waals surface area contributed by atoms with Crippen LogP contribution in [0, 0.1) is 0 Å². The third-order valence-electron chi connectivity index (χ3n) is 3.11. The molecule has 1 aliphatic carbocycles. The largest absolute Gasteiger partial charge is 0.496 e. The van der Waals surface area contributed by atoms with Crippen molar-refractivity contribution in [2.45, 2.75) is 38.6 Å². The van der Waals surface area contributed by atoms with Gasteiger partial charge in [0, 0.05) is 11.1 Å². The molecule has 0 fully saturated rings. The topological polar surface area (TPSA) is 35.2 Å². The Hall–Kier alpha value is -1.02. The Balaban J connectivity index is 2.63. The van der Waals surface area contributed by atoms with Gasteiger partial charge in [0.05, 0.1) is 7.11 Å². The van der Waals surface area contributed by atoms with E-state index >= 15 is 0 Å². The Kier molecular flexibility index (Phi) is 2.47. The van der Waals surface area contributed by atoms with E-state index in [0.717, 1.165) is 12.2 Å². The molecule has 0 unspecified atom stereocenters. The fourth-order valence-electron chi connectivity index (χ4n) is 2.52. The van der Waals surface area contributed by atoms with Crippen LogP contribution >= 0.6 is 0 Å². The van der Waals surface area contributed by atoms with E-state index in [1.165, 1.54) is 29.5 Å². The molecule has 1 aromatic carbocycles. The number of methoxy groups -OCH3 is 1. The van der Waals surface area contributed by atoms with Gasteiger partial charge in [0.2, 0.25) is 0 Å². The average molecular weight is 205 g/mol. The zero-order valence-electron chi connectivity index (χ0n) is 9.76. The molecule has 0 saturated heterocycles. The number of hydrogen-bond donors (Lipinski definition) is 1. The Morgan fingerprint density at radius 1 is 1.27 bits per heavy atom. The van der Waals surface area contributed by atoms with Crippen LogP contribution in [-0.4, -0.2) is 7.11 Å². The van der Waals surface area contributed by atoms with Crippen LogP contribution in [0.1, 0.15) is 37.0 Å². The first-order valence-electron chi connectivity index (χ1n) is 5.52. The maximum absolute atomic E-state index is 6.23. The Morgan fingerprint density at radius 2 is 2.00 bits per heavy atom. The Morgan fingerprint density at radius 3 is 2.60 bits per heavy atom. The molecule has 0 amide bonds. The lowest BCUT2D eigenvalue weighted by Gasteiger charge is -2.25. The molecule has 0 aromatic heterocycles. The van der Waals surface area contributed by atoms with Crippen LogP contribution in [0.15, 0.2) is 12.1 Å². The van der Waals surface area contributed by atoms with Crippen molar-refractivity contribution in [2.24, 2.45) is 5.73 Å². The number of rotatable bonds is 2. The fraction of sp³-hybridized carbons (Fsp3) is 0.538. The number of nitrogens with two attached hydrogens (primary N) is 1. The van der Waals surface area contributed by atoms with Gasteiger partial charge in [0.25, 0.3) is 0 Å². The summed E-state index contributed by atoms with van der Waals surface area (Å²) in [6.45, 7) is 4.09. The highest BCUT2D eigenvalue weighted by atomic mass is 16.5. The number of fused-ring (bicyclic) bond motifs is 1. The first kappa shape index (κ1) is 10.5. The Labute approximate surface area is 91.4 Å². The molecule has 0 spiro atoms. The highest BCUT2D eigenvalue weighted by Crippen LogP contribution is 2.37. The Bertz CT molecular complexity index is 377. The van der Waals surface area contributed by atoms with E-state index in [4.69, 9.17) is 10.5 Å². The summed E-state index contributed by atoms with van der Waals surface area (Å²) in [4.78, 5) is 0. The molecule has 0 heterocycles. The van der Waals surface area contributed by atoms with Gasteiger partial charge in [-0.15, -0.1) is 0 Å². The predicted molar refractivity (Wildman–Crippen MR) is 62.2 cm³/mol. The van der Waals surface area contributed by atoms with Gasteiger partial charge in [-0.25, -0.2) is 0 Å². The zero-order valence-corrected chi connectivity index (χ0v) is 9.76. The molecule has 2 N–H and O–H groups in total. The van der Waals surface area contributed by atoms with Crippen molar-refractivity contribution in [2.75, 3.05) is 7.11 Å². The minimum absolute atomic E-state index is 0.318. The van der Waals surface area contributed by atoms with Crippen LogP contribution in [0.4, 0.5) is 0 Å². The first-order chi connectivity index (χ1) is 7.04. The van der Waals surface area contributed by atoms with E-state index in [0.29, 0.717) is 0 Å². The second-order valence-electron chi connectivity index (χ2n) is 4.86. The molecular weight excluding hydrogens is 186 g/mol. The lowest BCUT2D eigenvalue weighted by Crippen LogP contribution is -2.30. The van der Waals surface area contributed by atoms with Crippen LogP contribution in [-0.2, 0) is 18.4 Å². The lowest BCUT2D eigenvalue weighted by atomic mass is 9.88. The van der Waals surface area contributed by atoms with Gasteiger partial charge < -0.3 is 10.5 Å². The summed E-state index contributed by atoms with van der Waals surface area (Å²) in [5.74, 6) is 0.933. The van der Waals surface area contributed by atoms with Crippen molar-refractivity contribution in [1.29, 1.82) is 0 Å². The van der Waals surface area contributed by atoms with E-state index in [-0.39, 0.29) is 5.54 Å². The van der Waals surface area contributed by atoms with Gasteiger partial charge in [-0.1, -0.05) is 6.07 Å². The van der Waals surface area contributed by atoms with Gasteiger partial charge in [0.1, 0.15) is 5.75 Å². The van der Waals surface area contributed by atoms with Gasteiger partial charge in [0.15, 0.2) is 0 Å². The minimum Gasteiger partial charge on any atom is -0.496 e. The molecule has 2 nitrogen and oxygen atoms in total. The van der Waals surface area contributed by atoms with Crippen molar-refractivity contribution in [3.05, 3.63) is 28.8 Å². The summed E-state index contributed by atoms with van der Waals surface area (Å²) in [7, 11) is 1.71. The van der Waals surface area contributed by atoms with Crippen molar-refractivity contribution in [1.82, 2.24) is 0 Å². The number of aryl methyl sites for hydroxylation is 1. The van der Waals surface area contributed by atoms with Crippen molar-refractivity contribution in [3.63, 3.8) is 0 Å². The molecular formula is C13H19NO. The fourth-order valence-corrected chi connectivity index (χ4v) is 2.52. The van der Waals surface area contributed by atoms with Crippen molar-refractivity contribution >= 4 is 0 Å². The maximum Gasteiger partial charge on any atom is 0.124 e. The van der Waals surface area contributed by atoms with Gasteiger partial charge in [-0.2, -0.15) is 0 Å². The molecule has 1 aromatic rings. The second-order valence-corrected chi connectivity index (χ2v) is 4.86.